The van der Waals surface area contributed by atoms with Gasteiger partial charge in [-0.1, -0.05) is 36.7 Å². The van der Waals surface area contributed by atoms with Crippen LogP contribution >= 0.6 is 11.8 Å². The van der Waals surface area contributed by atoms with Gasteiger partial charge in [0.05, 0.1) is 5.69 Å². The zero-order valence-corrected chi connectivity index (χ0v) is 15.7. The van der Waals surface area contributed by atoms with Crippen molar-refractivity contribution in [1.82, 2.24) is 20.1 Å². The number of carbonyl (C=O) groups is 1. The third-order valence-electron chi connectivity index (χ3n) is 4.59. The first-order valence-corrected chi connectivity index (χ1v) is 10.2. The van der Waals surface area contributed by atoms with Crippen LogP contribution in [0.3, 0.4) is 0 Å². The van der Waals surface area contributed by atoms with Crippen LogP contribution < -0.4 is 10.6 Å². The predicted octanol–water partition coefficient (Wildman–Crippen LogP) is 4.01. The summed E-state index contributed by atoms with van der Waals surface area (Å²) in [4.78, 5) is 11.9. The molecule has 0 unspecified atom stereocenters. The van der Waals surface area contributed by atoms with E-state index in [1.165, 1.54) is 37.8 Å². The van der Waals surface area contributed by atoms with Crippen LogP contribution in [0.15, 0.2) is 29.4 Å². The molecule has 1 saturated carbocycles. The van der Waals surface area contributed by atoms with Crippen LogP contribution in [0, 0.1) is 5.82 Å². The molecule has 6 nitrogen and oxygen atoms in total. The number of hydrogen-bond donors (Lipinski definition) is 2. The molecule has 0 saturated heterocycles. The van der Waals surface area contributed by atoms with Crippen LogP contribution in [0.4, 0.5) is 14.9 Å². The molecule has 2 amide bonds. The summed E-state index contributed by atoms with van der Waals surface area (Å²) in [5, 5.41) is 14.9. The fraction of sp³-hybridized carbons (Fsp3) is 0.500. The topological polar surface area (TPSA) is 71.8 Å². The number of halogens is 1. The maximum Gasteiger partial charge on any atom is 0.319 e. The molecule has 0 atom stereocenters. The summed E-state index contributed by atoms with van der Waals surface area (Å²) in [5.74, 6) is 0.537. The molecule has 2 N–H and O–H groups in total. The van der Waals surface area contributed by atoms with E-state index in [0.29, 0.717) is 12.6 Å². The number of benzene rings is 1. The molecule has 0 radical (unpaired) electrons. The quantitative estimate of drug-likeness (QED) is 0.565. The zero-order chi connectivity index (χ0) is 18.4. The van der Waals surface area contributed by atoms with E-state index in [1.54, 1.807) is 23.9 Å². The zero-order valence-electron chi connectivity index (χ0n) is 14.9. The number of nitrogens with zero attached hydrogens (tertiary/aromatic N) is 3. The smallest absolute Gasteiger partial charge is 0.319 e. The average Bonchev–Trinajstić information content (AvgIpc) is 3.29. The predicted molar refractivity (Wildman–Crippen MR) is 101 cm³/mol. The highest BCUT2D eigenvalue weighted by atomic mass is 32.2. The van der Waals surface area contributed by atoms with Gasteiger partial charge in [0, 0.05) is 19.0 Å². The lowest BCUT2D eigenvalue weighted by molar-refractivity contribution is 0.252. The first-order valence-electron chi connectivity index (χ1n) is 8.96. The van der Waals surface area contributed by atoms with Gasteiger partial charge in [0.2, 0.25) is 0 Å². The molecule has 0 bridgehead atoms. The van der Waals surface area contributed by atoms with Crippen LogP contribution in [0.5, 0.6) is 0 Å². The van der Waals surface area contributed by atoms with E-state index in [1.807, 2.05) is 6.26 Å². The largest absolute Gasteiger partial charge is 0.338 e. The van der Waals surface area contributed by atoms with Crippen molar-refractivity contribution in [2.45, 2.75) is 49.7 Å². The highest BCUT2D eigenvalue weighted by Crippen LogP contribution is 2.33. The van der Waals surface area contributed by atoms with Gasteiger partial charge in [0.15, 0.2) is 5.16 Å². The second-order valence-electron chi connectivity index (χ2n) is 6.38. The summed E-state index contributed by atoms with van der Waals surface area (Å²) in [6.45, 7) is 0.492. The first-order chi connectivity index (χ1) is 12.7. The lowest BCUT2D eigenvalue weighted by Crippen LogP contribution is -2.30. The summed E-state index contributed by atoms with van der Waals surface area (Å²) in [5.41, 5.74) is 0.176. The monoisotopic (exact) mass is 377 g/mol. The second-order valence-corrected chi connectivity index (χ2v) is 7.15. The van der Waals surface area contributed by atoms with E-state index in [9.17, 15) is 9.18 Å². The molecule has 1 fully saturated rings. The Labute approximate surface area is 157 Å². The SMILES string of the molecule is CSc1nnc(CCCNC(=O)Nc2ccccc2F)n1C1CCCC1. The summed E-state index contributed by atoms with van der Waals surface area (Å²) in [7, 11) is 0. The molecule has 1 heterocycles. The Morgan fingerprint density at radius 2 is 2.08 bits per heavy atom. The highest BCUT2D eigenvalue weighted by molar-refractivity contribution is 7.98. The lowest BCUT2D eigenvalue weighted by atomic mass is 10.2. The van der Waals surface area contributed by atoms with Gasteiger partial charge >= 0.3 is 6.03 Å². The van der Waals surface area contributed by atoms with Crippen LogP contribution in [-0.2, 0) is 6.42 Å². The number of hydrogen-bond acceptors (Lipinski definition) is 4. The Balaban J connectivity index is 1.48. The third-order valence-corrected chi connectivity index (χ3v) is 5.24. The summed E-state index contributed by atoms with van der Waals surface area (Å²) in [6.07, 6.45) is 8.41. The van der Waals surface area contributed by atoms with Gasteiger partial charge in [-0.3, -0.25) is 0 Å². The molecule has 1 aliphatic rings. The van der Waals surface area contributed by atoms with Crippen molar-refractivity contribution in [2.75, 3.05) is 18.1 Å². The molecule has 8 heteroatoms. The number of amides is 2. The fourth-order valence-electron chi connectivity index (χ4n) is 3.32. The molecule has 26 heavy (non-hydrogen) atoms. The van der Waals surface area contributed by atoms with Crippen molar-refractivity contribution < 1.29 is 9.18 Å². The minimum absolute atomic E-state index is 0.176. The van der Waals surface area contributed by atoms with Gasteiger partial charge in [0.1, 0.15) is 11.6 Å². The van der Waals surface area contributed by atoms with Crippen molar-refractivity contribution in [3.8, 4) is 0 Å². The van der Waals surface area contributed by atoms with Gasteiger partial charge in [0.25, 0.3) is 0 Å². The van der Waals surface area contributed by atoms with Crippen molar-refractivity contribution in [3.05, 3.63) is 35.9 Å². The van der Waals surface area contributed by atoms with Crippen LogP contribution in [0.1, 0.15) is 44.0 Å². The van der Waals surface area contributed by atoms with Crippen LogP contribution in [-0.4, -0.2) is 33.6 Å². The number of nitrogens with one attached hydrogen (secondary N) is 2. The van der Waals surface area contributed by atoms with Crippen LogP contribution in [0.2, 0.25) is 0 Å². The second kappa shape index (κ2) is 9.02. The number of aryl methyl sites for hydroxylation is 1. The molecule has 3 rings (SSSR count). The number of urea groups is 1. The Kier molecular flexibility index (Phi) is 6.49. The molecule has 0 spiro atoms. The van der Waals surface area contributed by atoms with Gasteiger partial charge in [-0.15, -0.1) is 10.2 Å². The van der Waals surface area contributed by atoms with E-state index in [2.05, 4.69) is 25.4 Å². The molecule has 140 valence electrons. The van der Waals surface area contributed by atoms with Gasteiger partial charge in [-0.25, -0.2) is 9.18 Å². The number of anilines is 1. The van der Waals surface area contributed by atoms with E-state index in [4.69, 9.17) is 0 Å². The van der Waals surface area contributed by atoms with Crippen molar-refractivity contribution in [3.63, 3.8) is 0 Å². The van der Waals surface area contributed by atoms with Crippen molar-refractivity contribution in [2.24, 2.45) is 0 Å². The van der Waals surface area contributed by atoms with E-state index in [0.717, 1.165) is 23.8 Å². The normalized spacial score (nSPS) is 14.5. The molecule has 0 aliphatic heterocycles. The van der Waals surface area contributed by atoms with Gasteiger partial charge in [-0.05, 0) is 37.7 Å². The maximum absolute atomic E-state index is 13.5. The summed E-state index contributed by atoms with van der Waals surface area (Å²) < 4.78 is 15.8. The van der Waals surface area contributed by atoms with Crippen molar-refractivity contribution >= 4 is 23.5 Å². The molecular formula is C18H24FN5OS. The minimum Gasteiger partial charge on any atom is -0.338 e. The standard InChI is InChI=1S/C18H24FN5OS/c1-26-18-23-22-16(24(18)13-7-2-3-8-13)11-6-12-20-17(25)21-15-10-5-4-9-14(15)19/h4-5,9-10,13H,2-3,6-8,11-12H2,1H3,(H2,20,21,25). The number of carbonyl (C=O) groups excluding carboxylic acids is 1. The molecular weight excluding hydrogens is 353 g/mol. The lowest BCUT2D eigenvalue weighted by Gasteiger charge is -2.16. The molecule has 1 aliphatic carbocycles. The molecule has 1 aromatic heterocycles. The minimum atomic E-state index is -0.447. The van der Waals surface area contributed by atoms with Gasteiger partial charge in [-0.2, -0.15) is 0 Å². The Morgan fingerprint density at radius 3 is 2.81 bits per heavy atom. The number of aromatic nitrogens is 3. The maximum atomic E-state index is 13.5. The Bertz CT molecular complexity index is 745. The Hall–Kier alpha value is -2.09. The average molecular weight is 377 g/mol. The van der Waals surface area contributed by atoms with E-state index < -0.39 is 11.8 Å². The molecule has 2 aromatic rings. The number of para-hydroxylation sites is 1. The number of rotatable bonds is 7. The summed E-state index contributed by atoms with van der Waals surface area (Å²) >= 11 is 1.62. The third kappa shape index (κ3) is 4.55. The highest BCUT2D eigenvalue weighted by Gasteiger charge is 2.23. The van der Waals surface area contributed by atoms with E-state index >= 15 is 0 Å². The first kappa shape index (κ1) is 18.7. The van der Waals surface area contributed by atoms with Gasteiger partial charge < -0.3 is 15.2 Å². The Morgan fingerprint density at radius 1 is 1.31 bits per heavy atom. The fourth-order valence-corrected chi connectivity index (χ4v) is 3.90. The van der Waals surface area contributed by atoms with E-state index in [-0.39, 0.29) is 5.69 Å². The van der Waals surface area contributed by atoms with Crippen LogP contribution in [0.25, 0.3) is 0 Å². The summed E-state index contributed by atoms with van der Waals surface area (Å²) in [6, 6.07) is 6.20. The van der Waals surface area contributed by atoms with Crippen molar-refractivity contribution in [1.29, 1.82) is 0 Å². The number of thioether (sulfide) groups is 1. The molecule has 1 aromatic carbocycles.